The summed E-state index contributed by atoms with van der Waals surface area (Å²) in [5.41, 5.74) is 7.75. The lowest BCUT2D eigenvalue weighted by atomic mass is 9.41. The standard InChI is InChI=1S/C37H50N4P2/c42-23-36(28-16-24-15-25(18-28)19-29(36)17-24)35-31(37(43,32-21-38-11-13-40-32)33-22-39-12-14-41-33)20-30(26-7-3-1-4-8-26)34(35)27-9-5-2-6-10-27/h1-10,20,24-25,28-29,32-33,35,38-41H,11-19,21-23,42-43H2. The molecule has 5 atom stereocenters. The van der Waals surface area contributed by atoms with Crippen LogP contribution >= 0.6 is 18.5 Å². The van der Waals surface area contributed by atoms with E-state index in [0.717, 1.165) is 62.9 Å². The summed E-state index contributed by atoms with van der Waals surface area (Å²) in [5, 5.41) is 15.5. The van der Waals surface area contributed by atoms with Crippen molar-refractivity contribution in [1.82, 2.24) is 21.3 Å². The summed E-state index contributed by atoms with van der Waals surface area (Å²) in [6.07, 6.45) is 11.1. The zero-order valence-electron chi connectivity index (χ0n) is 25.5. The van der Waals surface area contributed by atoms with Crippen LogP contribution in [0.4, 0.5) is 0 Å². The fourth-order valence-electron chi connectivity index (χ4n) is 11.0. The SMILES string of the molecule is PCC1(C2C(C(P)(C3CNCCN3)C3CNCCN3)=CC(c3ccccc3)=C2c2ccccc2)C2CC3CC(C2)CC1C3. The minimum Gasteiger partial charge on any atom is -0.314 e. The lowest BCUT2D eigenvalue weighted by molar-refractivity contribution is -0.110. The van der Waals surface area contributed by atoms with Gasteiger partial charge in [-0.3, -0.25) is 0 Å². The second-order valence-electron chi connectivity index (χ2n) is 14.6. The average Bonchev–Trinajstić information content (AvgIpc) is 3.48. The maximum absolute atomic E-state index is 4.05. The van der Waals surface area contributed by atoms with Crippen molar-refractivity contribution in [2.45, 2.75) is 49.3 Å². The molecule has 43 heavy (non-hydrogen) atoms. The molecule has 5 aliphatic carbocycles. The number of hydrogen-bond acceptors (Lipinski definition) is 4. The molecular weight excluding hydrogens is 562 g/mol. The maximum atomic E-state index is 4.05. The molecule has 0 spiro atoms. The van der Waals surface area contributed by atoms with Gasteiger partial charge in [0.15, 0.2) is 0 Å². The van der Waals surface area contributed by atoms with Crippen molar-refractivity contribution in [2.75, 3.05) is 45.4 Å². The lowest BCUT2D eigenvalue weighted by Gasteiger charge is -2.65. The van der Waals surface area contributed by atoms with E-state index < -0.39 is 0 Å². The summed E-state index contributed by atoms with van der Waals surface area (Å²) in [5.74, 6) is 3.89. The lowest BCUT2D eigenvalue weighted by Crippen LogP contribution is -2.70. The van der Waals surface area contributed by atoms with Crippen molar-refractivity contribution in [2.24, 2.45) is 35.0 Å². The minimum atomic E-state index is -0.135. The van der Waals surface area contributed by atoms with Gasteiger partial charge in [0.2, 0.25) is 0 Å². The van der Waals surface area contributed by atoms with Crippen LogP contribution in [-0.2, 0) is 0 Å². The highest BCUT2D eigenvalue weighted by atomic mass is 31.0. The molecule has 2 saturated heterocycles. The highest BCUT2D eigenvalue weighted by Gasteiger charge is 2.64. The van der Waals surface area contributed by atoms with E-state index in [-0.39, 0.29) is 10.6 Å². The molecule has 6 fully saturated rings. The Morgan fingerprint density at radius 1 is 0.698 bits per heavy atom. The van der Waals surface area contributed by atoms with E-state index >= 15 is 0 Å². The molecular formula is C37H50N4P2. The summed E-state index contributed by atoms with van der Waals surface area (Å²) in [7, 11) is 6.89. The molecule has 228 valence electrons. The van der Waals surface area contributed by atoms with Gasteiger partial charge in [-0.25, -0.2) is 0 Å². The van der Waals surface area contributed by atoms with E-state index in [1.165, 1.54) is 55.0 Å². The smallest absolute Gasteiger partial charge is 0.0395 e. The molecule has 6 heteroatoms. The van der Waals surface area contributed by atoms with E-state index in [9.17, 15) is 0 Å². The van der Waals surface area contributed by atoms with Crippen LogP contribution in [0.1, 0.15) is 43.2 Å². The quantitative estimate of drug-likeness (QED) is 0.325. The number of piperazine rings is 2. The van der Waals surface area contributed by atoms with Crippen molar-refractivity contribution in [3.8, 4) is 0 Å². The molecule has 0 aromatic heterocycles. The first-order valence-electron chi connectivity index (χ1n) is 17.1. The summed E-state index contributed by atoms with van der Waals surface area (Å²) in [4.78, 5) is 0. The van der Waals surface area contributed by atoms with Crippen LogP contribution in [-0.4, -0.2) is 62.7 Å². The van der Waals surface area contributed by atoms with E-state index in [2.05, 4.69) is 106 Å². The summed E-state index contributed by atoms with van der Waals surface area (Å²) >= 11 is 0. The molecule has 4 nitrogen and oxygen atoms in total. The van der Waals surface area contributed by atoms with Gasteiger partial charge >= 0.3 is 0 Å². The Labute approximate surface area is 263 Å². The first-order valence-corrected chi connectivity index (χ1v) is 18.5. The maximum Gasteiger partial charge on any atom is 0.0395 e. The Morgan fingerprint density at radius 3 is 1.72 bits per heavy atom. The fourth-order valence-corrected chi connectivity index (χ4v) is 12.6. The molecule has 7 aliphatic rings. The molecule has 2 aromatic rings. The van der Waals surface area contributed by atoms with Gasteiger partial charge in [0.1, 0.15) is 0 Å². The number of nitrogens with one attached hydrogen (secondary N) is 4. The van der Waals surface area contributed by atoms with E-state index in [1.54, 1.807) is 11.1 Å². The van der Waals surface area contributed by atoms with E-state index in [4.69, 9.17) is 0 Å². The van der Waals surface area contributed by atoms with Crippen molar-refractivity contribution in [3.63, 3.8) is 0 Å². The molecule has 2 aliphatic heterocycles. The monoisotopic (exact) mass is 612 g/mol. The number of benzene rings is 2. The normalized spacial score (nSPS) is 38.7. The minimum absolute atomic E-state index is 0.135. The van der Waals surface area contributed by atoms with Crippen LogP contribution in [0, 0.1) is 35.0 Å². The largest absolute Gasteiger partial charge is 0.314 e. The Hall–Kier alpha value is -1.38. The van der Waals surface area contributed by atoms with Gasteiger partial charge in [-0.2, -0.15) is 0 Å². The summed E-state index contributed by atoms with van der Waals surface area (Å²) < 4.78 is 0. The van der Waals surface area contributed by atoms with Gasteiger partial charge in [0.25, 0.3) is 0 Å². The highest BCUT2D eigenvalue weighted by Crippen LogP contribution is 2.70. The van der Waals surface area contributed by atoms with Gasteiger partial charge in [-0.1, -0.05) is 66.7 Å². The summed E-state index contributed by atoms with van der Waals surface area (Å²) in [6.45, 7) is 6.12. The molecule has 4 N–H and O–H groups in total. The molecule has 5 unspecified atom stereocenters. The van der Waals surface area contributed by atoms with Gasteiger partial charge in [-0.15, -0.1) is 18.5 Å². The van der Waals surface area contributed by atoms with Crippen LogP contribution in [0.2, 0.25) is 0 Å². The van der Waals surface area contributed by atoms with Gasteiger partial charge < -0.3 is 21.3 Å². The Balaban J connectivity index is 1.38. The third-order valence-corrected chi connectivity index (χ3v) is 14.5. The predicted octanol–water partition coefficient (Wildman–Crippen LogP) is 5.21. The molecule has 4 bridgehead atoms. The van der Waals surface area contributed by atoms with E-state index in [0.29, 0.717) is 18.0 Å². The Kier molecular flexibility index (Phi) is 7.95. The van der Waals surface area contributed by atoms with Crippen LogP contribution in [0.15, 0.2) is 72.3 Å². The molecule has 2 aromatic carbocycles. The highest BCUT2D eigenvalue weighted by molar-refractivity contribution is 7.19. The zero-order valence-corrected chi connectivity index (χ0v) is 27.8. The van der Waals surface area contributed by atoms with Crippen LogP contribution in [0.25, 0.3) is 11.1 Å². The second kappa shape index (κ2) is 11.8. The van der Waals surface area contributed by atoms with Crippen LogP contribution in [0.3, 0.4) is 0 Å². The molecule has 4 saturated carbocycles. The topological polar surface area (TPSA) is 48.1 Å². The first-order chi connectivity index (χ1) is 21.1. The molecule has 0 radical (unpaired) electrons. The van der Waals surface area contributed by atoms with Crippen molar-refractivity contribution in [3.05, 3.63) is 83.4 Å². The molecule has 9 rings (SSSR count). The number of rotatable bonds is 7. The fraction of sp³-hybridized carbons (Fsp3) is 0.568. The third kappa shape index (κ3) is 4.69. The third-order valence-electron chi connectivity index (χ3n) is 12.6. The first kappa shape index (κ1) is 29.1. The number of allylic oxidation sites excluding steroid dienone is 3. The van der Waals surface area contributed by atoms with Crippen molar-refractivity contribution < 1.29 is 0 Å². The van der Waals surface area contributed by atoms with Crippen molar-refractivity contribution in [1.29, 1.82) is 0 Å². The zero-order chi connectivity index (χ0) is 29.0. The van der Waals surface area contributed by atoms with Gasteiger partial charge in [0, 0.05) is 62.4 Å². The second-order valence-corrected chi connectivity index (χ2v) is 15.9. The number of hydrogen-bond donors (Lipinski definition) is 4. The van der Waals surface area contributed by atoms with E-state index in [1.807, 2.05) is 0 Å². The Bertz CT molecular complexity index is 1310. The van der Waals surface area contributed by atoms with Crippen LogP contribution in [0.5, 0.6) is 0 Å². The van der Waals surface area contributed by atoms with Crippen LogP contribution < -0.4 is 21.3 Å². The van der Waals surface area contributed by atoms with Crippen molar-refractivity contribution >= 4 is 29.6 Å². The van der Waals surface area contributed by atoms with Gasteiger partial charge in [0.05, 0.1) is 0 Å². The molecule has 0 amide bonds. The average molecular weight is 613 g/mol. The van der Waals surface area contributed by atoms with Gasteiger partial charge in [-0.05, 0) is 95.2 Å². The molecule has 2 heterocycles. The predicted molar refractivity (Wildman–Crippen MR) is 187 cm³/mol. The Morgan fingerprint density at radius 2 is 1.23 bits per heavy atom. The summed E-state index contributed by atoms with van der Waals surface area (Å²) in [6, 6.07) is 23.5.